The first kappa shape index (κ1) is 13.6. The van der Waals surface area contributed by atoms with Gasteiger partial charge in [0, 0.05) is 11.8 Å². The minimum Gasteiger partial charge on any atom is -0.320 e. The topological polar surface area (TPSA) is 33.0 Å². The molecule has 1 N–H and O–H groups in total. The number of aromatic nitrogens is 1. The lowest BCUT2D eigenvalue weighted by Crippen LogP contribution is -2.39. The number of amides is 1. The number of hydrogen-bond acceptors (Lipinski definition) is 1. The van der Waals surface area contributed by atoms with E-state index in [0.29, 0.717) is 5.02 Å². The molecule has 0 unspecified atom stereocenters. The van der Waals surface area contributed by atoms with Crippen molar-refractivity contribution in [2.75, 3.05) is 5.32 Å². The third-order valence-corrected chi connectivity index (χ3v) is 3.12. The van der Waals surface area contributed by atoms with E-state index in [1.165, 1.54) is 0 Å². The number of carbonyl (C=O) groups is 1. The summed E-state index contributed by atoms with van der Waals surface area (Å²) >= 11 is 5.89. The number of aryl methyl sites for hydroxylation is 2. The lowest BCUT2D eigenvalue weighted by Gasteiger charge is -2.10. The van der Waals surface area contributed by atoms with Crippen LogP contribution in [-0.4, -0.2) is 5.91 Å². The molecule has 3 nitrogen and oxygen atoms in total. The molecule has 0 atom stereocenters. The SMILES string of the molecule is Cc1cccc(C)c1NC(=O)C[n+]1cccc(Cl)c1. The highest BCUT2D eigenvalue weighted by atomic mass is 35.5. The zero-order valence-electron chi connectivity index (χ0n) is 11.0. The molecule has 0 saturated carbocycles. The molecular formula is C15H16ClN2O+. The molecule has 2 aromatic rings. The molecule has 1 heterocycles. The lowest BCUT2D eigenvalue weighted by molar-refractivity contribution is -0.684. The van der Waals surface area contributed by atoms with Crippen molar-refractivity contribution in [1.29, 1.82) is 0 Å². The molecule has 0 aliphatic heterocycles. The second kappa shape index (κ2) is 5.85. The predicted molar refractivity (Wildman–Crippen MR) is 76.2 cm³/mol. The van der Waals surface area contributed by atoms with Gasteiger partial charge < -0.3 is 5.32 Å². The summed E-state index contributed by atoms with van der Waals surface area (Å²) in [5, 5.41) is 3.56. The Balaban J connectivity index is 2.10. The van der Waals surface area contributed by atoms with Crippen LogP contribution in [0.25, 0.3) is 0 Å². The van der Waals surface area contributed by atoms with Crippen LogP contribution in [0.3, 0.4) is 0 Å². The van der Waals surface area contributed by atoms with Crippen LogP contribution in [0.15, 0.2) is 42.7 Å². The fourth-order valence-corrected chi connectivity index (χ4v) is 2.14. The Morgan fingerprint density at radius 2 is 1.89 bits per heavy atom. The van der Waals surface area contributed by atoms with Crippen molar-refractivity contribution in [2.45, 2.75) is 20.4 Å². The highest BCUT2D eigenvalue weighted by Crippen LogP contribution is 2.19. The van der Waals surface area contributed by atoms with Crippen molar-refractivity contribution in [3.05, 3.63) is 58.9 Å². The van der Waals surface area contributed by atoms with Gasteiger partial charge >= 0.3 is 0 Å². The van der Waals surface area contributed by atoms with Gasteiger partial charge in [-0.25, -0.2) is 0 Å². The third-order valence-electron chi connectivity index (χ3n) is 2.89. The molecule has 2 rings (SSSR count). The Morgan fingerprint density at radius 3 is 2.53 bits per heavy atom. The number of halogens is 1. The van der Waals surface area contributed by atoms with Gasteiger partial charge in [-0.2, -0.15) is 4.57 Å². The average Bonchev–Trinajstić information content (AvgIpc) is 2.34. The highest BCUT2D eigenvalue weighted by Gasteiger charge is 2.12. The van der Waals surface area contributed by atoms with Crippen molar-refractivity contribution in [3.63, 3.8) is 0 Å². The summed E-state index contributed by atoms with van der Waals surface area (Å²) in [7, 11) is 0. The van der Waals surface area contributed by atoms with Crippen LogP contribution in [0.1, 0.15) is 11.1 Å². The van der Waals surface area contributed by atoms with Gasteiger partial charge in [0.05, 0.1) is 0 Å². The summed E-state index contributed by atoms with van der Waals surface area (Å²) in [4.78, 5) is 12.0. The molecule has 1 amide bonds. The molecule has 98 valence electrons. The maximum Gasteiger partial charge on any atom is 0.290 e. The summed E-state index contributed by atoms with van der Waals surface area (Å²) in [6.45, 7) is 4.21. The number of nitrogens with one attached hydrogen (secondary N) is 1. The fraction of sp³-hybridized carbons (Fsp3) is 0.200. The first-order valence-corrected chi connectivity index (χ1v) is 6.45. The molecule has 0 radical (unpaired) electrons. The largest absolute Gasteiger partial charge is 0.320 e. The number of carbonyl (C=O) groups excluding carboxylic acids is 1. The van der Waals surface area contributed by atoms with Crippen LogP contribution in [0.4, 0.5) is 5.69 Å². The van der Waals surface area contributed by atoms with E-state index in [0.717, 1.165) is 16.8 Å². The fourth-order valence-electron chi connectivity index (χ4n) is 1.94. The zero-order valence-corrected chi connectivity index (χ0v) is 11.7. The predicted octanol–water partition coefficient (Wildman–Crippen LogP) is 2.88. The van der Waals surface area contributed by atoms with E-state index in [9.17, 15) is 4.79 Å². The van der Waals surface area contributed by atoms with Crippen molar-refractivity contribution >= 4 is 23.2 Å². The summed E-state index contributed by atoms with van der Waals surface area (Å²) in [6.07, 6.45) is 3.54. The summed E-state index contributed by atoms with van der Waals surface area (Å²) in [5.41, 5.74) is 3.00. The first-order chi connectivity index (χ1) is 9.06. The smallest absolute Gasteiger partial charge is 0.290 e. The number of para-hydroxylation sites is 1. The summed E-state index contributed by atoms with van der Waals surface area (Å²) in [6, 6.07) is 9.53. The number of anilines is 1. The molecule has 0 fully saturated rings. The van der Waals surface area contributed by atoms with E-state index >= 15 is 0 Å². The number of nitrogens with zero attached hydrogens (tertiary/aromatic N) is 1. The third kappa shape index (κ3) is 3.55. The molecule has 19 heavy (non-hydrogen) atoms. The van der Waals surface area contributed by atoms with Crippen LogP contribution < -0.4 is 9.88 Å². The molecule has 0 aliphatic carbocycles. The van der Waals surface area contributed by atoms with Gasteiger partial charge in [-0.1, -0.05) is 29.8 Å². The minimum atomic E-state index is -0.0651. The zero-order chi connectivity index (χ0) is 13.8. The van der Waals surface area contributed by atoms with Gasteiger partial charge in [-0.15, -0.1) is 0 Å². The highest BCUT2D eigenvalue weighted by molar-refractivity contribution is 6.30. The molecule has 0 spiro atoms. The van der Waals surface area contributed by atoms with E-state index in [2.05, 4.69) is 5.32 Å². The Hall–Kier alpha value is -1.87. The van der Waals surface area contributed by atoms with Crippen LogP contribution in [0.2, 0.25) is 5.02 Å². The Labute approximate surface area is 117 Å². The van der Waals surface area contributed by atoms with Gasteiger partial charge in [-0.3, -0.25) is 4.79 Å². The number of pyridine rings is 1. The molecule has 4 heteroatoms. The van der Waals surface area contributed by atoms with Gasteiger partial charge in [0.25, 0.3) is 5.91 Å². The van der Waals surface area contributed by atoms with Gasteiger partial charge in [0.2, 0.25) is 6.54 Å². The number of rotatable bonds is 3. The molecular weight excluding hydrogens is 260 g/mol. The van der Waals surface area contributed by atoms with Gasteiger partial charge in [-0.05, 0) is 31.0 Å². The van der Waals surface area contributed by atoms with E-state index in [4.69, 9.17) is 11.6 Å². The monoisotopic (exact) mass is 275 g/mol. The normalized spacial score (nSPS) is 10.3. The van der Waals surface area contributed by atoms with Gasteiger partial charge in [0.1, 0.15) is 5.02 Å². The van der Waals surface area contributed by atoms with E-state index < -0.39 is 0 Å². The standard InChI is InChI=1S/C15H15ClN2O/c1-11-5-3-6-12(2)15(11)17-14(19)10-18-8-4-7-13(16)9-18/h3-9H,10H2,1-2H3/p+1. The van der Waals surface area contributed by atoms with Crippen molar-refractivity contribution in [1.82, 2.24) is 0 Å². The molecule has 0 bridgehead atoms. The molecule has 0 aliphatic rings. The minimum absolute atomic E-state index is 0.0651. The van der Waals surface area contributed by atoms with E-state index in [1.807, 2.05) is 44.3 Å². The van der Waals surface area contributed by atoms with E-state index in [1.54, 1.807) is 16.8 Å². The Morgan fingerprint density at radius 1 is 1.21 bits per heavy atom. The second-order valence-electron chi connectivity index (χ2n) is 4.51. The summed E-state index contributed by atoms with van der Waals surface area (Å²) in [5.74, 6) is -0.0651. The number of hydrogen-bond donors (Lipinski definition) is 1. The van der Waals surface area contributed by atoms with E-state index in [-0.39, 0.29) is 12.5 Å². The quantitative estimate of drug-likeness (QED) is 0.859. The van der Waals surface area contributed by atoms with Crippen molar-refractivity contribution in [2.24, 2.45) is 0 Å². The summed E-state index contributed by atoms with van der Waals surface area (Å²) < 4.78 is 1.76. The first-order valence-electron chi connectivity index (χ1n) is 6.07. The maximum atomic E-state index is 12.0. The van der Waals surface area contributed by atoms with Crippen LogP contribution >= 0.6 is 11.6 Å². The molecule has 1 aromatic heterocycles. The van der Waals surface area contributed by atoms with Crippen LogP contribution in [-0.2, 0) is 11.3 Å². The molecule has 1 aromatic carbocycles. The maximum absolute atomic E-state index is 12.0. The van der Waals surface area contributed by atoms with Crippen molar-refractivity contribution in [3.8, 4) is 0 Å². The Bertz CT molecular complexity index is 591. The van der Waals surface area contributed by atoms with Gasteiger partial charge in [0.15, 0.2) is 12.4 Å². The number of benzene rings is 1. The van der Waals surface area contributed by atoms with Crippen LogP contribution in [0.5, 0.6) is 0 Å². The average molecular weight is 276 g/mol. The molecule has 0 saturated heterocycles. The van der Waals surface area contributed by atoms with Crippen molar-refractivity contribution < 1.29 is 9.36 Å². The van der Waals surface area contributed by atoms with Crippen LogP contribution in [0, 0.1) is 13.8 Å². The second-order valence-corrected chi connectivity index (χ2v) is 4.95. The Kier molecular flexibility index (Phi) is 4.17. The lowest BCUT2D eigenvalue weighted by atomic mass is 10.1.